The standard InChI is InChI=1S/C20H26BNO5/c1-7-13-11-15(18(24)25-8-2)17(23)22-12-14(9-10-16(13)22)21-26-19(3,4)20(5,6)27-21/h9-12H,7-8H2,1-6H3. The third-order valence-corrected chi connectivity index (χ3v) is 5.47. The minimum absolute atomic E-state index is 0.0391. The summed E-state index contributed by atoms with van der Waals surface area (Å²) in [6.07, 6.45) is 2.38. The molecule has 0 aliphatic carbocycles. The summed E-state index contributed by atoms with van der Waals surface area (Å²) < 4.78 is 18.7. The van der Waals surface area contributed by atoms with Crippen molar-refractivity contribution in [1.82, 2.24) is 4.40 Å². The van der Waals surface area contributed by atoms with Gasteiger partial charge in [-0.15, -0.1) is 0 Å². The van der Waals surface area contributed by atoms with Crippen molar-refractivity contribution in [2.75, 3.05) is 6.61 Å². The molecule has 1 aliphatic rings. The SMILES string of the molecule is CCOC(=O)c1cc(CC)c2ccc(B3OC(C)(C)C(C)(C)O3)cn2c1=O. The van der Waals surface area contributed by atoms with Crippen molar-refractivity contribution in [1.29, 1.82) is 0 Å². The van der Waals surface area contributed by atoms with Gasteiger partial charge in [-0.3, -0.25) is 9.20 Å². The molecule has 3 rings (SSSR count). The summed E-state index contributed by atoms with van der Waals surface area (Å²) in [6, 6.07) is 5.40. The molecule has 27 heavy (non-hydrogen) atoms. The van der Waals surface area contributed by atoms with E-state index < -0.39 is 29.8 Å². The predicted octanol–water partition coefficient (Wildman–Crippen LogP) is 2.34. The summed E-state index contributed by atoms with van der Waals surface area (Å²) in [4.78, 5) is 25.1. The number of hydrogen-bond donors (Lipinski definition) is 0. The van der Waals surface area contributed by atoms with Crippen molar-refractivity contribution >= 4 is 24.1 Å². The van der Waals surface area contributed by atoms with E-state index in [0.29, 0.717) is 6.42 Å². The zero-order valence-electron chi connectivity index (χ0n) is 16.8. The second-order valence-corrected chi connectivity index (χ2v) is 7.77. The van der Waals surface area contributed by atoms with Gasteiger partial charge in [-0.1, -0.05) is 13.0 Å². The summed E-state index contributed by atoms with van der Waals surface area (Å²) in [5.41, 5.74) is 1.08. The number of rotatable bonds is 4. The molecule has 0 saturated carbocycles. The van der Waals surface area contributed by atoms with Crippen LogP contribution in [0.2, 0.25) is 0 Å². The molecule has 0 atom stereocenters. The fourth-order valence-corrected chi connectivity index (χ4v) is 3.14. The van der Waals surface area contributed by atoms with Gasteiger partial charge in [0.2, 0.25) is 0 Å². The normalized spacial score (nSPS) is 18.1. The third-order valence-electron chi connectivity index (χ3n) is 5.47. The summed E-state index contributed by atoms with van der Waals surface area (Å²) in [5, 5.41) is 0. The lowest BCUT2D eigenvalue weighted by molar-refractivity contribution is 0.00578. The van der Waals surface area contributed by atoms with Crippen molar-refractivity contribution in [3.8, 4) is 0 Å². The highest BCUT2D eigenvalue weighted by atomic mass is 16.7. The minimum atomic E-state index is -0.604. The highest BCUT2D eigenvalue weighted by molar-refractivity contribution is 6.62. The minimum Gasteiger partial charge on any atom is -0.462 e. The maximum Gasteiger partial charge on any atom is 0.496 e. The average molecular weight is 371 g/mol. The molecule has 144 valence electrons. The molecule has 1 fully saturated rings. The molecule has 3 heterocycles. The number of pyridine rings is 2. The van der Waals surface area contributed by atoms with Crippen LogP contribution >= 0.6 is 0 Å². The van der Waals surface area contributed by atoms with Crippen LogP contribution in [0.15, 0.2) is 29.2 Å². The molecule has 6 nitrogen and oxygen atoms in total. The lowest BCUT2D eigenvalue weighted by Gasteiger charge is -2.32. The first-order chi connectivity index (χ1) is 12.6. The quantitative estimate of drug-likeness (QED) is 0.610. The van der Waals surface area contributed by atoms with Crippen LogP contribution in [0.1, 0.15) is 57.5 Å². The molecule has 0 radical (unpaired) electrons. The van der Waals surface area contributed by atoms with Gasteiger partial charge in [0.1, 0.15) is 5.56 Å². The van der Waals surface area contributed by atoms with Gasteiger partial charge in [-0.2, -0.15) is 0 Å². The summed E-state index contributed by atoms with van der Waals surface area (Å²) >= 11 is 0. The second-order valence-electron chi connectivity index (χ2n) is 7.77. The number of nitrogens with zero attached hydrogens (tertiary/aromatic N) is 1. The molecule has 1 saturated heterocycles. The number of aryl methyl sites for hydroxylation is 1. The first kappa shape index (κ1) is 19.6. The van der Waals surface area contributed by atoms with Crippen LogP contribution in [0.25, 0.3) is 5.52 Å². The molecule has 0 amide bonds. The molecule has 2 aromatic heterocycles. The van der Waals surface area contributed by atoms with Crippen molar-refractivity contribution < 1.29 is 18.8 Å². The van der Waals surface area contributed by atoms with Crippen molar-refractivity contribution in [2.24, 2.45) is 0 Å². The van der Waals surface area contributed by atoms with E-state index in [0.717, 1.165) is 16.5 Å². The van der Waals surface area contributed by atoms with Crippen molar-refractivity contribution in [2.45, 2.75) is 59.2 Å². The Morgan fingerprint density at radius 3 is 2.33 bits per heavy atom. The Morgan fingerprint density at radius 2 is 1.78 bits per heavy atom. The molecular weight excluding hydrogens is 345 g/mol. The van der Waals surface area contributed by atoms with Crippen LogP contribution in [0.4, 0.5) is 0 Å². The van der Waals surface area contributed by atoms with Crippen LogP contribution < -0.4 is 11.0 Å². The molecule has 1 aliphatic heterocycles. The maximum absolute atomic E-state index is 12.9. The number of fused-ring (bicyclic) bond motifs is 1. The fraction of sp³-hybridized carbons (Fsp3) is 0.500. The van der Waals surface area contributed by atoms with Gasteiger partial charge in [0.25, 0.3) is 5.56 Å². The van der Waals surface area contributed by atoms with Gasteiger partial charge in [0, 0.05) is 6.20 Å². The molecule has 0 N–H and O–H groups in total. The first-order valence-electron chi connectivity index (χ1n) is 9.32. The van der Waals surface area contributed by atoms with Gasteiger partial charge in [-0.05, 0) is 64.2 Å². The van der Waals surface area contributed by atoms with E-state index in [9.17, 15) is 9.59 Å². The molecule has 0 unspecified atom stereocenters. The monoisotopic (exact) mass is 371 g/mol. The number of esters is 1. The molecule has 2 aromatic rings. The summed E-state index contributed by atoms with van der Waals surface area (Å²) in [7, 11) is -0.581. The lowest BCUT2D eigenvalue weighted by Crippen LogP contribution is -2.41. The predicted molar refractivity (Wildman–Crippen MR) is 105 cm³/mol. The summed E-state index contributed by atoms with van der Waals surface area (Å²) in [6.45, 7) is 11.8. The molecule has 0 aromatic carbocycles. The molecule has 0 bridgehead atoms. The van der Waals surface area contributed by atoms with Crippen LogP contribution in [0.5, 0.6) is 0 Å². The van der Waals surface area contributed by atoms with E-state index in [1.807, 2.05) is 46.8 Å². The number of carbonyl (C=O) groups is 1. The summed E-state index contributed by atoms with van der Waals surface area (Å²) in [5.74, 6) is -0.604. The number of aromatic nitrogens is 1. The Balaban J connectivity index is 2.13. The van der Waals surface area contributed by atoms with Gasteiger partial charge in [0.05, 0.1) is 23.3 Å². The number of ether oxygens (including phenoxy) is 1. The average Bonchev–Trinajstić information content (AvgIpc) is 2.83. The smallest absolute Gasteiger partial charge is 0.462 e. The Labute approximate surface area is 159 Å². The zero-order valence-corrected chi connectivity index (χ0v) is 16.8. The Morgan fingerprint density at radius 1 is 1.15 bits per heavy atom. The maximum atomic E-state index is 12.9. The molecule has 7 heteroatoms. The van der Waals surface area contributed by atoms with Crippen LogP contribution in [0, 0.1) is 0 Å². The van der Waals surface area contributed by atoms with Crippen LogP contribution in [-0.2, 0) is 20.5 Å². The van der Waals surface area contributed by atoms with Crippen LogP contribution in [0.3, 0.4) is 0 Å². The van der Waals surface area contributed by atoms with Gasteiger partial charge < -0.3 is 14.0 Å². The van der Waals surface area contributed by atoms with E-state index in [1.165, 1.54) is 4.40 Å². The van der Waals surface area contributed by atoms with Gasteiger partial charge in [-0.25, -0.2) is 4.79 Å². The number of hydrogen-bond acceptors (Lipinski definition) is 5. The van der Waals surface area contributed by atoms with Crippen LogP contribution in [-0.4, -0.2) is 35.3 Å². The lowest BCUT2D eigenvalue weighted by atomic mass is 9.80. The Bertz CT molecular complexity index is 931. The van der Waals surface area contributed by atoms with E-state index in [1.54, 1.807) is 19.2 Å². The Kier molecular flexibility index (Phi) is 4.95. The van der Waals surface area contributed by atoms with E-state index in [2.05, 4.69) is 0 Å². The largest absolute Gasteiger partial charge is 0.496 e. The van der Waals surface area contributed by atoms with Gasteiger partial charge in [0.15, 0.2) is 0 Å². The van der Waals surface area contributed by atoms with E-state index >= 15 is 0 Å². The topological polar surface area (TPSA) is 66.2 Å². The van der Waals surface area contributed by atoms with Crippen molar-refractivity contribution in [3.05, 3.63) is 45.9 Å². The molecule has 0 spiro atoms. The Hall–Kier alpha value is -2.12. The first-order valence-corrected chi connectivity index (χ1v) is 9.32. The van der Waals surface area contributed by atoms with E-state index in [-0.39, 0.29) is 12.2 Å². The fourth-order valence-electron chi connectivity index (χ4n) is 3.14. The number of carbonyl (C=O) groups excluding carboxylic acids is 1. The van der Waals surface area contributed by atoms with Crippen molar-refractivity contribution in [3.63, 3.8) is 0 Å². The second kappa shape index (κ2) is 6.80. The third kappa shape index (κ3) is 3.30. The highest BCUT2D eigenvalue weighted by Gasteiger charge is 2.51. The van der Waals surface area contributed by atoms with Gasteiger partial charge >= 0.3 is 13.1 Å². The van der Waals surface area contributed by atoms with E-state index in [4.69, 9.17) is 14.0 Å². The zero-order chi connectivity index (χ0) is 20.0. The molecular formula is C20H26BNO5. The highest BCUT2D eigenvalue weighted by Crippen LogP contribution is 2.36.